The van der Waals surface area contributed by atoms with Crippen LogP contribution in [0.2, 0.25) is 5.02 Å². The van der Waals surface area contributed by atoms with E-state index in [2.05, 4.69) is 10.0 Å². The van der Waals surface area contributed by atoms with Gasteiger partial charge in [-0.25, -0.2) is 8.42 Å². The molecule has 3 aromatic carbocycles. The molecule has 0 bridgehead atoms. The van der Waals surface area contributed by atoms with Crippen molar-refractivity contribution in [1.29, 1.82) is 0 Å². The average molecular weight is 475 g/mol. The van der Waals surface area contributed by atoms with E-state index in [0.717, 1.165) is 0 Å². The molecule has 3 rings (SSSR count). The van der Waals surface area contributed by atoms with Gasteiger partial charge in [0.25, 0.3) is 15.9 Å². The molecular formula is C23H23ClN2O5S. The number of carbonyl (C=O) groups excluding carboxylic acids is 1. The number of anilines is 2. The lowest BCUT2D eigenvalue weighted by molar-refractivity contribution is 0.102. The predicted octanol–water partition coefficient (Wildman–Crippen LogP) is 5.19. The molecule has 1 amide bonds. The smallest absolute Gasteiger partial charge is 0.262 e. The van der Waals surface area contributed by atoms with Gasteiger partial charge in [0.05, 0.1) is 29.5 Å². The molecule has 0 unspecified atom stereocenters. The summed E-state index contributed by atoms with van der Waals surface area (Å²) in [5, 5.41) is 3.12. The van der Waals surface area contributed by atoms with Gasteiger partial charge in [-0.05, 0) is 62.4 Å². The van der Waals surface area contributed by atoms with Crippen molar-refractivity contribution in [1.82, 2.24) is 0 Å². The number of hydrogen-bond donors (Lipinski definition) is 2. The molecule has 168 valence electrons. The van der Waals surface area contributed by atoms with Gasteiger partial charge >= 0.3 is 0 Å². The summed E-state index contributed by atoms with van der Waals surface area (Å²) in [5.74, 6) is 0.313. The summed E-state index contributed by atoms with van der Waals surface area (Å²) in [6.45, 7) is 4.33. The van der Waals surface area contributed by atoms with E-state index in [1.54, 1.807) is 49.4 Å². The van der Waals surface area contributed by atoms with Crippen LogP contribution in [0.5, 0.6) is 11.5 Å². The van der Waals surface area contributed by atoms with E-state index < -0.39 is 15.9 Å². The van der Waals surface area contributed by atoms with Gasteiger partial charge in [-0.15, -0.1) is 0 Å². The maximum atomic E-state index is 13.0. The molecule has 2 N–H and O–H groups in total. The monoisotopic (exact) mass is 474 g/mol. The molecular weight excluding hydrogens is 452 g/mol. The molecule has 0 fully saturated rings. The molecule has 0 aliphatic heterocycles. The predicted molar refractivity (Wildman–Crippen MR) is 125 cm³/mol. The first-order valence-electron chi connectivity index (χ1n) is 9.92. The van der Waals surface area contributed by atoms with E-state index >= 15 is 0 Å². The number of ether oxygens (including phenoxy) is 2. The highest BCUT2D eigenvalue weighted by Crippen LogP contribution is 2.31. The Balaban J connectivity index is 1.93. The first-order valence-corrected chi connectivity index (χ1v) is 11.8. The fourth-order valence-electron chi connectivity index (χ4n) is 2.92. The van der Waals surface area contributed by atoms with Crippen molar-refractivity contribution in [3.8, 4) is 11.5 Å². The highest BCUT2D eigenvalue weighted by Gasteiger charge is 2.20. The molecule has 0 atom stereocenters. The zero-order valence-corrected chi connectivity index (χ0v) is 19.2. The number of halogens is 1. The summed E-state index contributed by atoms with van der Waals surface area (Å²) >= 11 is 5.97. The first-order chi connectivity index (χ1) is 15.3. The van der Waals surface area contributed by atoms with Gasteiger partial charge in [-0.3, -0.25) is 9.52 Å². The molecule has 0 aliphatic rings. The van der Waals surface area contributed by atoms with Gasteiger partial charge in [0, 0.05) is 10.6 Å². The minimum Gasteiger partial charge on any atom is -0.492 e. The fraction of sp³-hybridized carbons (Fsp3) is 0.174. The zero-order valence-electron chi connectivity index (χ0n) is 17.6. The Bertz CT molecular complexity index is 1210. The second-order valence-corrected chi connectivity index (χ2v) is 8.71. The molecule has 3 aromatic rings. The highest BCUT2D eigenvalue weighted by molar-refractivity contribution is 7.92. The number of rotatable bonds is 9. The number of nitrogens with one attached hydrogen (secondary N) is 2. The van der Waals surface area contributed by atoms with E-state index in [1.165, 1.54) is 24.3 Å². The first kappa shape index (κ1) is 23.4. The molecule has 0 saturated heterocycles. The number of sulfonamides is 1. The minimum atomic E-state index is -3.97. The summed E-state index contributed by atoms with van der Waals surface area (Å²) < 4.78 is 39.7. The molecule has 0 aromatic heterocycles. The van der Waals surface area contributed by atoms with Gasteiger partial charge in [0.2, 0.25) is 0 Å². The highest BCUT2D eigenvalue weighted by atomic mass is 35.5. The lowest BCUT2D eigenvalue weighted by Gasteiger charge is -2.15. The van der Waals surface area contributed by atoms with Crippen LogP contribution in [0.15, 0.2) is 71.6 Å². The molecule has 0 radical (unpaired) electrons. The maximum Gasteiger partial charge on any atom is 0.262 e. The van der Waals surface area contributed by atoms with Gasteiger partial charge in [0.1, 0.15) is 11.5 Å². The Hall–Kier alpha value is -3.23. The van der Waals surface area contributed by atoms with Crippen LogP contribution < -0.4 is 19.5 Å². The number of carbonyl (C=O) groups is 1. The molecule has 0 heterocycles. The van der Waals surface area contributed by atoms with Gasteiger partial charge in [0.15, 0.2) is 0 Å². The van der Waals surface area contributed by atoms with Crippen molar-refractivity contribution < 1.29 is 22.7 Å². The van der Waals surface area contributed by atoms with Crippen molar-refractivity contribution >= 4 is 38.9 Å². The van der Waals surface area contributed by atoms with E-state index in [0.29, 0.717) is 41.0 Å². The van der Waals surface area contributed by atoms with Crippen LogP contribution in [0.1, 0.15) is 24.2 Å². The van der Waals surface area contributed by atoms with E-state index in [1.807, 2.05) is 6.92 Å². The normalized spacial score (nSPS) is 11.0. The van der Waals surface area contributed by atoms with E-state index in [9.17, 15) is 13.2 Å². The van der Waals surface area contributed by atoms with Crippen molar-refractivity contribution in [2.75, 3.05) is 23.3 Å². The number of benzene rings is 3. The molecule has 32 heavy (non-hydrogen) atoms. The SMILES string of the molecule is CCOc1ccc(S(=O)(=O)Nc2ccccc2OCC)cc1NC(=O)c1cccc(Cl)c1. The van der Waals surface area contributed by atoms with Crippen LogP contribution in [0.4, 0.5) is 11.4 Å². The number of hydrogen-bond acceptors (Lipinski definition) is 5. The Labute approximate surface area is 192 Å². The molecule has 0 spiro atoms. The minimum absolute atomic E-state index is 0.0475. The molecule has 9 heteroatoms. The van der Waals surface area contributed by atoms with E-state index in [-0.39, 0.29) is 10.6 Å². The lowest BCUT2D eigenvalue weighted by atomic mass is 10.2. The van der Waals surface area contributed by atoms with Crippen molar-refractivity contribution in [3.05, 3.63) is 77.3 Å². The van der Waals surface area contributed by atoms with Gasteiger partial charge in [-0.2, -0.15) is 0 Å². The van der Waals surface area contributed by atoms with Crippen LogP contribution >= 0.6 is 11.6 Å². The summed E-state index contributed by atoms with van der Waals surface area (Å²) in [5.41, 5.74) is 0.863. The van der Waals surface area contributed by atoms with Crippen molar-refractivity contribution in [2.45, 2.75) is 18.7 Å². The molecule has 0 aliphatic carbocycles. The third kappa shape index (κ3) is 5.72. The third-order valence-corrected chi connectivity index (χ3v) is 5.93. The second-order valence-electron chi connectivity index (χ2n) is 6.59. The number of amides is 1. The maximum absolute atomic E-state index is 13.0. The van der Waals surface area contributed by atoms with Crippen LogP contribution in [0.3, 0.4) is 0 Å². The topological polar surface area (TPSA) is 93.7 Å². The molecule has 7 nitrogen and oxygen atoms in total. The van der Waals surface area contributed by atoms with Gasteiger partial charge < -0.3 is 14.8 Å². The third-order valence-electron chi connectivity index (χ3n) is 4.33. The average Bonchev–Trinajstić information content (AvgIpc) is 2.76. The van der Waals surface area contributed by atoms with Crippen LogP contribution in [0, 0.1) is 0 Å². The standard InChI is InChI=1S/C23H23ClN2O5S/c1-3-30-21-11-6-5-10-19(21)26-32(28,29)18-12-13-22(31-4-2)20(15-18)25-23(27)16-8-7-9-17(24)14-16/h5-15,26H,3-4H2,1-2H3,(H,25,27). The largest absolute Gasteiger partial charge is 0.492 e. The van der Waals surface area contributed by atoms with Gasteiger partial charge in [-0.1, -0.05) is 29.8 Å². The summed E-state index contributed by atoms with van der Waals surface area (Å²) in [4.78, 5) is 12.6. The Morgan fingerprint density at radius 3 is 2.25 bits per heavy atom. The zero-order chi connectivity index (χ0) is 23.1. The van der Waals surface area contributed by atoms with Crippen molar-refractivity contribution in [3.63, 3.8) is 0 Å². The number of para-hydroxylation sites is 2. The summed E-state index contributed by atoms with van der Waals surface area (Å²) in [7, 11) is -3.97. The summed E-state index contributed by atoms with van der Waals surface area (Å²) in [6.07, 6.45) is 0. The second kappa shape index (κ2) is 10.4. The van der Waals surface area contributed by atoms with Crippen LogP contribution in [-0.2, 0) is 10.0 Å². The fourth-order valence-corrected chi connectivity index (χ4v) is 4.20. The molecule has 0 saturated carbocycles. The van der Waals surface area contributed by atoms with Crippen LogP contribution in [0.25, 0.3) is 0 Å². The van der Waals surface area contributed by atoms with Crippen molar-refractivity contribution in [2.24, 2.45) is 0 Å². The Kier molecular flexibility index (Phi) is 7.61. The quantitative estimate of drug-likeness (QED) is 0.445. The summed E-state index contributed by atoms with van der Waals surface area (Å²) in [6, 6.07) is 17.4. The van der Waals surface area contributed by atoms with E-state index in [4.69, 9.17) is 21.1 Å². The van der Waals surface area contributed by atoms with Crippen LogP contribution in [-0.4, -0.2) is 27.5 Å². The lowest BCUT2D eigenvalue weighted by Crippen LogP contribution is -2.16. The Morgan fingerprint density at radius 1 is 0.875 bits per heavy atom. The Morgan fingerprint density at radius 2 is 1.56 bits per heavy atom.